The van der Waals surface area contributed by atoms with Crippen molar-refractivity contribution in [2.24, 2.45) is 0 Å². The number of benzene rings is 2. The second-order valence-corrected chi connectivity index (χ2v) is 11.4. The van der Waals surface area contributed by atoms with E-state index in [4.69, 9.17) is 27.6 Å². The Morgan fingerprint density at radius 1 is 0.763 bits per heavy atom. The van der Waals surface area contributed by atoms with Crippen molar-refractivity contribution in [2.45, 2.75) is 34.3 Å². The summed E-state index contributed by atoms with van der Waals surface area (Å²) in [6.45, 7) is 7.77. The lowest BCUT2D eigenvalue weighted by atomic mass is 10.0. The Morgan fingerprint density at radius 3 is 1.61 bits per heavy atom. The molecule has 38 heavy (non-hydrogen) atoms. The van der Waals surface area contributed by atoms with Gasteiger partial charge in [0.2, 0.25) is 0 Å². The van der Waals surface area contributed by atoms with E-state index >= 15 is 0 Å². The number of ether oxygens (including phenoxy) is 2. The van der Waals surface area contributed by atoms with Crippen molar-refractivity contribution >= 4 is 33.3 Å². The van der Waals surface area contributed by atoms with E-state index in [0.29, 0.717) is 16.9 Å². The van der Waals surface area contributed by atoms with Gasteiger partial charge in [0.05, 0.1) is 39.1 Å². The van der Waals surface area contributed by atoms with E-state index in [9.17, 15) is 13.9 Å². The van der Waals surface area contributed by atoms with E-state index in [1.165, 1.54) is 30.9 Å². The van der Waals surface area contributed by atoms with Gasteiger partial charge in [-0.1, -0.05) is 30.3 Å². The van der Waals surface area contributed by atoms with Crippen molar-refractivity contribution in [3.05, 3.63) is 76.4 Å². The van der Waals surface area contributed by atoms with Gasteiger partial charge >= 0.3 is 21.2 Å². The molecule has 2 rings (SSSR count). The maximum atomic E-state index is 13.1. The smallest absolute Gasteiger partial charge is 0.354 e. The molecule has 0 spiro atoms. The minimum Gasteiger partial charge on any atom is -0.488 e. The lowest BCUT2D eigenvalue weighted by molar-refractivity contribution is 0.0600. The molecule has 2 aromatic rings. The summed E-state index contributed by atoms with van der Waals surface area (Å²) in [5, 5.41) is 0. The number of hydrogen-bond donors (Lipinski definition) is 0. The fourth-order valence-electron chi connectivity index (χ4n) is 3.36. The summed E-state index contributed by atoms with van der Waals surface area (Å²) in [6.07, 6.45) is 3.03. The third-order valence-electron chi connectivity index (χ3n) is 4.90. The molecule has 0 aliphatic rings. The minimum absolute atomic E-state index is 0.180. The predicted molar refractivity (Wildman–Crippen MR) is 148 cm³/mol. The zero-order valence-corrected chi connectivity index (χ0v) is 24.2. The Morgan fingerprint density at radius 2 is 1.21 bits per heavy atom. The highest BCUT2D eigenvalue weighted by Gasteiger charge is 2.22. The Bertz CT molecular complexity index is 1110. The Kier molecular flexibility index (Phi) is 13.2. The lowest BCUT2D eigenvalue weighted by Crippen LogP contribution is -2.05. The van der Waals surface area contributed by atoms with Gasteiger partial charge in [-0.05, 0) is 57.5 Å². The summed E-state index contributed by atoms with van der Waals surface area (Å²) in [5.74, 6) is 2.39. The first-order chi connectivity index (χ1) is 18.2. The van der Waals surface area contributed by atoms with Crippen LogP contribution in [0.5, 0.6) is 5.75 Å². The molecule has 0 saturated heterocycles. The van der Waals surface area contributed by atoms with E-state index in [1.807, 2.05) is 30.3 Å². The van der Waals surface area contributed by atoms with Gasteiger partial charge in [-0.15, -0.1) is 0 Å². The van der Waals surface area contributed by atoms with Gasteiger partial charge in [0.25, 0.3) is 0 Å². The average Bonchev–Trinajstić information content (AvgIpc) is 2.90. The first-order valence-electron chi connectivity index (χ1n) is 12.3. The van der Waals surface area contributed by atoms with Crippen molar-refractivity contribution in [2.75, 3.05) is 33.5 Å². The third-order valence-corrected chi connectivity index (χ3v) is 8.40. The standard InChI is InChI=1S/C27H36O9P2/c1-6-33-37(29,34-7-2)17-15-23-19-25(27(28)31-5)20-24(16-18-38(30,35-8-3)36-9-4)26(23)32-21-22-13-11-10-12-14-22/h10-20H,6-9,21H2,1-5H3. The molecule has 0 amide bonds. The first kappa shape index (κ1) is 31.7. The number of rotatable bonds is 16. The molecule has 0 aromatic heterocycles. The van der Waals surface area contributed by atoms with Crippen LogP contribution in [0.15, 0.2) is 54.1 Å². The largest absolute Gasteiger partial charge is 0.488 e. The van der Waals surface area contributed by atoms with Crippen LogP contribution in [0.1, 0.15) is 54.7 Å². The fourth-order valence-corrected chi connectivity index (χ4v) is 5.98. The minimum atomic E-state index is -3.56. The molecule has 0 N–H and O–H groups in total. The molecule has 0 fully saturated rings. The first-order valence-corrected chi connectivity index (χ1v) is 15.5. The van der Waals surface area contributed by atoms with Gasteiger partial charge in [0.15, 0.2) is 0 Å². The molecule has 208 valence electrons. The topological polar surface area (TPSA) is 107 Å². The highest BCUT2D eigenvalue weighted by atomic mass is 31.2. The molecule has 0 saturated carbocycles. The molecule has 0 bridgehead atoms. The Balaban J connectivity index is 2.70. The van der Waals surface area contributed by atoms with E-state index < -0.39 is 21.2 Å². The summed E-state index contributed by atoms with van der Waals surface area (Å²) >= 11 is 0. The molecule has 0 radical (unpaired) electrons. The Labute approximate surface area is 224 Å². The van der Waals surface area contributed by atoms with Crippen LogP contribution in [0.25, 0.3) is 12.2 Å². The van der Waals surface area contributed by atoms with Crippen LogP contribution in [0.3, 0.4) is 0 Å². The number of carbonyl (C=O) groups is 1. The molecule has 0 aliphatic carbocycles. The highest BCUT2D eigenvalue weighted by Crippen LogP contribution is 2.52. The molecular weight excluding hydrogens is 530 g/mol. The van der Waals surface area contributed by atoms with Gasteiger partial charge < -0.3 is 27.6 Å². The summed E-state index contributed by atoms with van der Waals surface area (Å²) in [5.41, 5.74) is 1.92. The maximum absolute atomic E-state index is 13.1. The monoisotopic (exact) mass is 566 g/mol. The predicted octanol–water partition coefficient (Wildman–Crippen LogP) is 7.53. The Hall–Kier alpha value is -2.51. The second-order valence-electron chi connectivity index (χ2n) is 7.63. The number of hydrogen-bond acceptors (Lipinski definition) is 9. The lowest BCUT2D eigenvalue weighted by Gasteiger charge is -2.17. The average molecular weight is 567 g/mol. The zero-order valence-electron chi connectivity index (χ0n) is 22.5. The van der Waals surface area contributed by atoms with Gasteiger partial charge in [-0.25, -0.2) is 4.79 Å². The van der Waals surface area contributed by atoms with E-state index in [-0.39, 0.29) is 38.6 Å². The molecule has 0 atom stereocenters. The van der Waals surface area contributed by atoms with Gasteiger partial charge in [-0.3, -0.25) is 9.13 Å². The van der Waals surface area contributed by atoms with Crippen molar-refractivity contribution in [1.82, 2.24) is 0 Å². The third kappa shape index (κ3) is 9.66. The maximum Gasteiger partial charge on any atom is 0.354 e. The van der Waals surface area contributed by atoms with Crippen LogP contribution < -0.4 is 4.74 Å². The quantitative estimate of drug-likeness (QED) is 0.151. The van der Waals surface area contributed by atoms with E-state index in [0.717, 1.165) is 5.56 Å². The van der Waals surface area contributed by atoms with E-state index in [1.54, 1.807) is 39.8 Å². The van der Waals surface area contributed by atoms with Gasteiger partial charge in [-0.2, -0.15) is 0 Å². The number of methoxy groups -OCH3 is 1. The molecule has 0 heterocycles. The summed E-state index contributed by atoms with van der Waals surface area (Å²) in [4.78, 5) is 12.5. The van der Waals surface area contributed by atoms with Crippen LogP contribution in [0, 0.1) is 0 Å². The molecule has 0 aliphatic heterocycles. The highest BCUT2D eigenvalue weighted by molar-refractivity contribution is 7.57. The number of carbonyl (C=O) groups excluding carboxylic acids is 1. The van der Waals surface area contributed by atoms with Crippen LogP contribution in [0.4, 0.5) is 0 Å². The summed E-state index contributed by atoms with van der Waals surface area (Å²) in [7, 11) is -5.85. The fraction of sp³-hybridized carbons (Fsp3) is 0.370. The summed E-state index contributed by atoms with van der Waals surface area (Å²) < 4.78 is 58.8. The van der Waals surface area contributed by atoms with Gasteiger partial charge in [0.1, 0.15) is 12.4 Å². The molecule has 0 unspecified atom stereocenters. The van der Waals surface area contributed by atoms with Gasteiger partial charge in [0, 0.05) is 22.8 Å². The normalized spacial score (nSPS) is 12.3. The van der Waals surface area contributed by atoms with Crippen LogP contribution >= 0.6 is 15.2 Å². The van der Waals surface area contributed by atoms with Crippen molar-refractivity contribution < 1.29 is 41.5 Å². The van der Waals surface area contributed by atoms with Crippen LogP contribution in [-0.4, -0.2) is 39.5 Å². The molecular formula is C27H36O9P2. The van der Waals surface area contributed by atoms with Crippen molar-refractivity contribution in [3.63, 3.8) is 0 Å². The van der Waals surface area contributed by atoms with Crippen molar-refractivity contribution in [1.29, 1.82) is 0 Å². The van der Waals surface area contributed by atoms with Crippen molar-refractivity contribution in [3.8, 4) is 5.75 Å². The second kappa shape index (κ2) is 15.8. The van der Waals surface area contributed by atoms with E-state index in [2.05, 4.69) is 0 Å². The SMILES string of the molecule is CCOP(=O)(C=Cc1cc(C(=O)OC)cc(C=CP(=O)(OCC)OCC)c1OCc1ccccc1)OCC. The van der Waals surface area contributed by atoms with Crippen LogP contribution in [-0.2, 0) is 38.6 Å². The molecule has 2 aromatic carbocycles. The molecule has 11 heteroatoms. The van der Waals surface area contributed by atoms with Crippen LogP contribution in [0.2, 0.25) is 0 Å². The number of esters is 1. The summed E-state index contributed by atoms with van der Waals surface area (Å²) in [6, 6.07) is 12.6. The molecule has 9 nitrogen and oxygen atoms in total. The zero-order chi connectivity index (χ0) is 28.0.